The van der Waals surface area contributed by atoms with Crippen molar-refractivity contribution in [2.75, 3.05) is 19.8 Å². The quantitative estimate of drug-likeness (QED) is 0.303. The van der Waals surface area contributed by atoms with Gasteiger partial charge in [0.2, 0.25) is 15.9 Å². The third-order valence-electron chi connectivity index (χ3n) is 9.84. The molecule has 1 N–H and O–H groups in total. The van der Waals surface area contributed by atoms with Crippen LogP contribution >= 0.6 is 0 Å². The molecule has 3 aromatic heterocycles. The number of hydrogen-bond acceptors (Lipinski definition) is 9. The van der Waals surface area contributed by atoms with Crippen LogP contribution in [0.2, 0.25) is 0 Å². The van der Waals surface area contributed by atoms with Gasteiger partial charge in [0.1, 0.15) is 16.0 Å². The summed E-state index contributed by atoms with van der Waals surface area (Å²) in [6, 6.07) is 9.33. The summed E-state index contributed by atoms with van der Waals surface area (Å²) in [6.45, 7) is 8.27. The SMILES string of the molecule is Cc1ncc([C@H](c2ccc3c(nnn3C3CC3)c2C)C(C)(C)C(=O)O)cc1CN1CC2(CCOCC2)Oc2ncccc2S1(=O)=O. The molecule has 0 bridgehead atoms. The van der Waals surface area contributed by atoms with Gasteiger partial charge in [-0.3, -0.25) is 9.78 Å². The number of pyridine rings is 2. The summed E-state index contributed by atoms with van der Waals surface area (Å²) in [7, 11) is -4.00. The molecule has 3 aliphatic rings. The van der Waals surface area contributed by atoms with Crippen LogP contribution < -0.4 is 4.74 Å². The standard InChI is InChI=1S/C33H38N6O6S/c1-20-25(9-10-26-29(20)36-37-39(26)24-7-8-24)28(32(3,4)31(40)41)22-16-23(21(2)35-17-22)18-38-19-33(11-14-44-15-12-33)45-30-27(46(38,42)43)6-5-13-34-30/h5-6,9-10,13,16-17,24,28H,7-8,11-12,14-15,18-19H2,1-4H3,(H,40,41)/t28-/m1/s1. The van der Waals surface area contributed by atoms with Crippen molar-refractivity contribution < 1.29 is 27.8 Å². The Hall–Kier alpha value is -3.94. The van der Waals surface area contributed by atoms with E-state index in [2.05, 4.69) is 15.3 Å². The molecule has 0 unspecified atom stereocenters. The molecule has 242 valence electrons. The van der Waals surface area contributed by atoms with Crippen molar-refractivity contribution in [2.24, 2.45) is 5.41 Å². The summed E-state index contributed by atoms with van der Waals surface area (Å²) >= 11 is 0. The number of carboxylic acids is 1. The lowest BCUT2D eigenvalue weighted by Crippen LogP contribution is -2.50. The Bertz CT molecular complexity index is 1950. The molecule has 13 heteroatoms. The third-order valence-corrected chi connectivity index (χ3v) is 11.6. The van der Waals surface area contributed by atoms with Gasteiger partial charge in [-0.15, -0.1) is 5.10 Å². The maximum absolute atomic E-state index is 14.1. The minimum absolute atomic E-state index is 0.0215. The fourth-order valence-electron chi connectivity index (χ4n) is 6.85. The summed E-state index contributed by atoms with van der Waals surface area (Å²) < 4.78 is 43.7. The summed E-state index contributed by atoms with van der Waals surface area (Å²) in [5, 5.41) is 19.4. The van der Waals surface area contributed by atoms with Gasteiger partial charge in [-0.05, 0) is 81.0 Å². The topological polar surface area (TPSA) is 150 Å². The summed E-state index contributed by atoms with van der Waals surface area (Å²) in [4.78, 5) is 21.8. The number of nitrogens with zero attached hydrogens (tertiary/aromatic N) is 6. The Balaban J connectivity index is 1.32. The first-order valence-electron chi connectivity index (χ1n) is 15.7. The van der Waals surface area contributed by atoms with E-state index in [1.165, 1.54) is 16.6 Å². The first-order chi connectivity index (χ1) is 21.9. The average molecular weight is 647 g/mol. The van der Waals surface area contributed by atoms with Crippen LogP contribution in [0.25, 0.3) is 11.0 Å². The van der Waals surface area contributed by atoms with E-state index in [0.29, 0.717) is 48.9 Å². The first-order valence-corrected chi connectivity index (χ1v) is 17.1. The Kier molecular flexibility index (Phi) is 7.41. The van der Waals surface area contributed by atoms with Gasteiger partial charge in [0.25, 0.3) is 0 Å². The number of aryl methyl sites for hydroxylation is 2. The predicted molar refractivity (Wildman–Crippen MR) is 168 cm³/mol. The first kappa shape index (κ1) is 30.7. The molecule has 4 aromatic rings. The van der Waals surface area contributed by atoms with Crippen molar-refractivity contribution in [2.45, 2.75) is 82.4 Å². The smallest absolute Gasteiger partial charge is 0.310 e. The zero-order valence-electron chi connectivity index (χ0n) is 26.4. The largest absolute Gasteiger partial charge is 0.481 e. The molecule has 1 saturated heterocycles. The molecule has 1 saturated carbocycles. The van der Waals surface area contributed by atoms with E-state index < -0.39 is 32.9 Å². The average Bonchev–Trinajstić information content (AvgIpc) is 3.78. The molecule has 1 aromatic carbocycles. The van der Waals surface area contributed by atoms with E-state index in [0.717, 1.165) is 35.0 Å². The maximum atomic E-state index is 14.1. The maximum Gasteiger partial charge on any atom is 0.310 e. The van der Waals surface area contributed by atoms with Gasteiger partial charge in [-0.25, -0.2) is 18.1 Å². The van der Waals surface area contributed by atoms with Crippen LogP contribution in [-0.4, -0.2) is 74.1 Å². The summed E-state index contributed by atoms with van der Waals surface area (Å²) in [5.74, 6) is -1.47. The van der Waals surface area contributed by atoms with E-state index in [1.807, 2.05) is 36.7 Å². The van der Waals surface area contributed by atoms with E-state index in [-0.39, 0.29) is 23.9 Å². The molecular formula is C33H38N6O6S. The lowest BCUT2D eigenvalue weighted by atomic mass is 9.70. The van der Waals surface area contributed by atoms with Gasteiger partial charge in [-0.2, -0.15) is 4.31 Å². The second-order valence-corrected chi connectivity index (χ2v) is 15.3. The van der Waals surface area contributed by atoms with Crippen LogP contribution in [-0.2, 0) is 26.1 Å². The van der Waals surface area contributed by atoms with Crippen molar-refractivity contribution in [3.8, 4) is 5.88 Å². The highest BCUT2D eigenvalue weighted by Gasteiger charge is 2.46. The molecule has 2 aliphatic heterocycles. The number of carbonyl (C=O) groups is 1. The van der Waals surface area contributed by atoms with Gasteiger partial charge in [0.05, 0.1) is 36.7 Å². The molecule has 1 aliphatic carbocycles. The monoisotopic (exact) mass is 646 g/mol. The highest BCUT2D eigenvalue weighted by atomic mass is 32.2. The summed E-state index contributed by atoms with van der Waals surface area (Å²) in [6.07, 6.45) is 6.43. The highest BCUT2D eigenvalue weighted by molar-refractivity contribution is 7.89. The molecule has 2 fully saturated rings. The van der Waals surface area contributed by atoms with Gasteiger partial charge < -0.3 is 14.6 Å². The Morgan fingerprint density at radius 2 is 1.91 bits per heavy atom. The van der Waals surface area contributed by atoms with Crippen LogP contribution in [0.3, 0.4) is 0 Å². The van der Waals surface area contributed by atoms with Crippen LogP contribution in [0.5, 0.6) is 5.88 Å². The number of aromatic nitrogens is 5. The minimum atomic E-state index is -4.00. The van der Waals surface area contributed by atoms with Crippen molar-refractivity contribution in [1.82, 2.24) is 29.3 Å². The Labute approximate surface area is 267 Å². The Morgan fingerprint density at radius 3 is 2.63 bits per heavy atom. The van der Waals surface area contributed by atoms with E-state index in [1.54, 1.807) is 26.1 Å². The number of hydrogen-bond donors (Lipinski definition) is 1. The van der Waals surface area contributed by atoms with Crippen molar-refractivity contribution in [3.63, 3.8) is 0 Å². The third kappa shape index (κ3) is 5.14. The molecule has 46 heavy (non-hydrogen) atoms. The molecule has 1 spiro atoms. The van der Waals surface area contributed by atoms with Crippen LogP contribution in [0.1, 0.15) is 79.4 Å². The second kappa shape index (κ2) is 11.1. The Morgan fingerprint density at radius 1 is 1.15 bits per heavy atom. The van der Waals surface area contributed by atoms with Gasteiger partial charge in [0, 0.05) is 43.4 Å². The highest BCUT2D eigenvalue weighted by Crippen LogP contribution is 2.45. The number of aliphatic carboxylic acids is 1. The van der Waals surface area contributed by atoms with E-state index in [4.69, 9.17) is 14.5 Å². The minimum Gasteiger partial charge on any atom is -0.481 e. The number of ether oxygens (including phenoxy) is 2. The number of carboxylic acid groups (broad SMARTS) is 1. The second-order valence-electron chi connectivity index (χ2n) is 13.4. The fraction of sp³-hybridized carbons (Fsp3) is 0.485. The molecule has 5 heterocycles. The summed E-state index contributed by atoms with van der Waals surface area (Å²) in [5.41, 5.74) is 3.35. The molecule has 1 atom stereocenters. The zero-order valence-corrected chi connectivity index (χ0v) is 27.2. The number of rotatable bonds is 7. The lowest BCUT2D eigenvalue weighted by Gasteiger charge is -2.38. The number of fused-ring (bicyclic) bond motifs is 2. The van der Waals surface area contributed by atoms with Crippen LogP contribution in [0.15, 0.2) is 47.6 Å². The van der Waals surface area contributed by atoms with Crippen molar-refractivity contribution in [1.29, 1.82) is 0 Å². The predicted octanol–water partition coefficient (Wildman–Crippen LogP) is 4.55. The van der Waals surface area contributed by atoms with E-state index >= 15 is 0 Å². The molecular weight excluding hydrogens is 608 g/mol. The van der Waals surface area contributed by atoms with Gasteiger partial charge in [-0.1, -0.05) is 17.3 Å². The molecule has 0 radical (unpaired) electrons. The molecule has 12 nitrogen and oxygen atoms in total. The van der Waals surface area contributed by atoms with Crippen molar-refractivity contribution >= 4 is 27.0 Å². The van der Waals surface area contributed by atoms with E-state index in [9.17, 15) is 18.3 Å². The normalized spacial score (nSPS) is 20.2. The van der Waals surface area contributed by atoms with Crippen molar-refractivity contribution in [3.05, 3.63) is 70.7 Å². The van der Waals surface area contributed by atoms with Crippen LogP contribution in [0, 0.1) is 19.3 Å². The number of sulfonamides is 1. The fourth-order valence-corrected chi connectivity index (χ4v) is 8.40. The zero-order chi connectivity index (χ0) is 32.4. The number of benzene rings is 1. The van der Waals surface area contributed by atoms with Gasteiger partial charge >= 0.3 is 5.97 Å². The van der Waals surface area contributed by atoms with Gasteiger partial charge in [0.15, 0.2) is 0 Å². The molecule has 0 amide bonds. The van der Waals surface area contributed by atoms with Crippen LogP contribution in [0.4, 0.5) is 0 Å². The molecule has 7 rings (SSSR count). The lowest BCUT2D eigenvalue weighted by molar-refractivity contribution is -0.147.